The van der Waals surface area contributed by atoms with E-state index in [-0.39, 0.29) is 28.3 Å². The zero-order valence-corrected chi connectivity index (χ0v) is 16.8. The van der Waals surface area contributed by atoms with E-state index < -0.39 is 10.1 Å². The van der Waals surface area contributed by atoms with E-state index in [0.717, 1.165) is 30.2 Å². The molecule has 0 bridgehead atoms. The fraction of sp³-hybridized carbons (Fsp3) is 0.667. The third-order valence-electron chi connectivity index (χ3n) is 6.12. The van der Waals surface area contributed by atoms with Crippen molar-refractivity contribution in [2.45, 2.75) is 51.9 Å². The topological polar surface area (TPSA) is 43.4 Å². The third kappa shape index (κ3) is 3.52. The van der Waals surface area contributed by atoms with E-state index in [0.29, 0.717) is 0 Å². The molecule has 0 aliphatic heterocycles. The fourth-order valence-electron chi connectivity index (χ4n) is 3.65. The molecule has 1 saturated carbocycles. The Kier molecular flexibility index (Phi) is 5.64. The van der Waals surface area contributed by atoms with Gasteiger partial charge in [0.15, 0.2) is 0 Å². The summed E-state index contributed by atoms with van der Waals surface area (Å²) >= 11 is 3.66. The number of aryl methyl sites for hydroxylation is 1. The number of hydrogen-bond acceptors (Lipinski definition) is 3. The van der Waals surface area contributed by atoms with Crippen molar-refractivity contribution in [2.75, 3.05) is 11.9 Å². The predicted molar refractivity (Wildman–Crippen MR) is 97.3 cm³/mol. The van der Waals surface area contributed by atoms with Gasteiger partial charge in [-0.3, -0.25) is 4.18 Å². The zero-order valence-electron chi connectivity index (χ0n) is 14.4. The van der Waals surface area contributed by atoms with Crippen molar-refractivity contribution in [2.24, 2.45) is 16.7 Å². The van der Waals surface area contributed by atoms with E-state index >= 15 is 0 Å². The molecule has 23 heavy (non-hydrogen) atoms. The van der Waals surface area contributed by atoms with Crippen molar-refractivity contribution in [1.82, 2.24) is 0 Å². The molecule has 0 heterocycles. The van der Waals surface area contributed by atoms with Crippen molar-refractivity contribution in [1.29, 1.82) is 0 Å². The van der Waals surface area contributed by atoms with Crippen LogP contribution in [0.4, 0.5) is 0 Å². The molecule has 3 unspecified atom stereocenters. The van der Waals surface area contributed by atoms with E-state index in [1.54, 1.807) is 24.3 Å². The Bertz CT molecular complexity index is 641. The summed E-state index contributed by atoms with van der Waals surface area (Å²) in [5.41, 5.74) is 1.30. The molecule has 3 nitrogen and oxygen atoms in total. The molecule has 1 fully saturated rings. The molecule has 1 aromatic carbocycles. The van der Waals surface area contributed by atoms with Crippen LogP contribution in [0.2, 0.25) is 0 Å². The maximum Gasteiger partial charge on any atom is 0.296 e. The molecule has 0 N–H and O–H groups in total. The summed E-state index contributed by atoms with van der Waals surface area (Å²) in [5.74, 6) is 0.243. The summed E-state index contributed by atoms with van der Waals surface area (Å²) in [4.78, 5) is 0.236. The van der Waals surface area contributed by atoms with Crippen LogP contribution in [-0.4, -0.2) is 20.4 Å². The second-order valence-electron chi connectivity index (χ2n) is 7.25. The molecular formula is C18H27BrO3S. The van der Waals surface area contributed by atoms with Crippen LogP contribution in [-0.2, 0) is 14.3 Å². The van der Waals surface area contributed by atoms with Crippen LogP contribution < -0.4 is 0 Å². The molecule has 0 spiro atoms. The van der Waals surface area contributed by atoms with Crippen molar-refractivity contribution >= 4 is 26.0 Å². The van der Waals surface area contributed by atoms with Gasteiger partial charge in [-0.15, -0.1) is 0 Å². The zero-order chi connectivity index (χ0) is 17.3. The largest absolute Gasteiger partial charge is 0.296 e. The van der Waals surface area contributed by atoms with Gasteiger partial charge in [0, 0.05) is 5.33 Å². The van der Waals surface area contributed by atoms with E-state index in [4.69, 9.17) is 4.18 Å². The van der Waals surface area contributed by atoms with E-state index in [2.05, 4.69) is 36.7 Å². The summed E-state index contributed by atoms with van der Waals surface area (Å²) < 4.78 is 30.2. The molecule has 0 amide bonds. The first-order chi connectivity index (χ1) is 10.7. The Morgan fingerprint density at radius 2 is 1.87 bits per heavy atom. The normalized spacial score (nSPS) is 31.4. The molecule has 5 heteroatoms. The maximum atomic E-state index is 12.4. The van der Waals surface area contributed by atoms with Gasteiger partial charge in [0.25, 0.3) is 10.1 Å². The van der Waals surface area contributed by atoms with Crippen molar-refractivity contribution in [3.8, 4) is 0 Å². The summed E-state index contributed by atoms with van der Waals surface area (Å²) in [5, 5.41) is 0.864. The quantitative estimate of drug-likeness (QED) is 0.500. The first-order valence-electron chi connectivity index (χ1n) is 8.20. The average Bonchev–Trinajstić information content (AvgIpc) is 2.79. The highest BCUT2D eigenvalue weighted by Crippen LogP contribution is 2.58. The third-order valence-corrected chi connectivity index (χ3v) is 8.58. The Morgan fingerprint density at radius 1 is 1.26 bits per heavy atom. The minimum absolute atomic E-state index is 0.0462. The number of hydrogen-bond donors (Lipinski definition) is 0. The van der Waals surface area contributed by atoms with Gasteiger partial charge in [0.1, 0.15) is 0 Å². The highest BCUT2D eigenvalue weighted by Gasteiger charge is 2.52. The van der Waals surface area contributed by atoms with Crippen LogP contribution in [0.3, 0.4) is 0 Å². The molecule has 1 aliphatic rings. The second kappa shape index (κ2) is 6.85. The molecule has 130 valence electrons. The molecule has 3 atom stereocenters. The SMILES string of the molecule is CCC1(C)CCC(COS(=O)(=O)c2ccc(C)cc2)C1(C)CBr. The Labute approximate surface area is 149 Å². The van der Waals surface area contributed by atoms with Crippen LogP contribution in [0.15, 0.2) is 29.2 Å². The van der Waals surface area contributed by atoms with Crippen LogP contribution >= 0.6 is 15.9 Å². The molecule has 2 rings (SSSR count). The molecular weight excluding hydrogens is 376 g/mol. The van der Waals surface area contributed by atoms with Crippen molar-refractivity contribution < 1.29 is 12.6 Å². The van der Waals surface area contributed by atoms with Gasteiger partial charge in [-0.1, -0.05) is 60.8 Å². The van der Waals surface area contributed by atoms with Crippen molar-refractivity contribution in [3.63, 3.8) is 0 Å². The molecule has 1 aromatic rings. The first kappa shape index (κ1) is 18.9. The highest BCUT2D eigenvalue weighted by molar-refractivity contribution is 9.09. The van der Waals surface area contributed by atoms with Gasteiger partial charge in [0.05, 0.1) is 11.5 Å². The molecule has 0 radical (unpaired) electrons. The van der Waals surface area contributed by atoms with Gasteiger partial charge in [-0.25, -0.2) is 0 Å². The Hall–Kier alpha value is -0.390. The van der Waals surface area contributed by atoms with Gasteiger partial charge < -0.3 is 0 Å². The fourth-order valence-corrected chi connectivity index (χ4v) is 5.74. The van der Waals surface area contributed by atoms with Gasteiger partial charge in [-0.05, 0) is 48.6 Å². The first-order valence-corrected chi connectivity index (χ1v) is 10.7. The minimum Gasteiger partial charge on any atom is -0.266 e. The van der Waals surface area contributed by atoms with Crippen molar-refractivity contribution in [3.05, 3.63) is 29.8 Å². The van der Waals surface area contributed by atoms with Crippen LogP contribution in [0.1, 0.15) is 45.6 Å². The number of benzene rings is 1. The minimum atomic E-state index is -3.68. The predicted octanol–water partition coefficient (Wildman–Crippen LogP) is 4.93. The summed E-state index contributed by atoms with van der Waals surface area (Å²) in [7, 11) is -3.68. The van der Waals surface area contributed by atoms with Crippen LogP contribution in [0, 0.1) is 23.7 Å². The number of rotatable bonds is 6. The molecule has 1 aliphatic carbocycles. The van der Waals surface area contributed by atoms with Crippen LogP contribution in [0.5, 0.6) is 0 Å². The molecule has 0 saturated heterocycles. The standard InChI is InChI=1S/C18H27BrO3S/c1-5-17(3)11-10-15(18(17,4)13-19)12-22-23(20,21)16-8-6-14(2)7-9-16/h6-9,15H,5,10-13H2,1-4H3. The van der Waals surface area contributed by atoms with E-state index in [9.17, 15) is 8.42 Å². The van der Waals surface area contributed by atoms with Gasteiger partial charge >= 0.3 is 0 Å². The summed E-state index contributed by atoms with van der Waals surface area (Å²) in [6.07, 6.45) is 3.22. The highest BCUT2D eigenvalue weighted by atomic mass is 79.9. The second-order valence-corrected chi connectivity index (χ2v) is 9.43. The smallest absolute Gasteiger partial charge is 0.266 e. The number of alkyl halides is 1. The van der Waals surface area contributed by atoms with Gasteiger partial charge in [0.2, 0.25) is 0 Å². The van der Waals surface area contributed by atoms with Crippen LogP contribution in [0.25, 0.3) is 0 Å². The van der Waals surface area contributed by atoms with Gasteiger partial charge in [-0.2, -0.15) is 8.42 Å². The molecule has 0 aromatic heterocycles. The monoisotopic (exact) mass is 402 g/mol. The lowest BCUT2D eigenvalue weighted by Gasteiger charge is -2.43. The lowest BCUT2D eigenvalue weighted by molar-refractivity contribution is 0.0666. The lowest BCUT2D eigenvalue weighted by Crippen LogP contribution is -2.40. The Balaban J connectivity index is 2.12. The lowest BCUT2D eigenvalue weighted by atomic mass is 9.64. The maximum absolute atomic E-state index is 12.4. The number of halogens is 1. The van der Waals surface area contributed by atoms with E-state index in [1.807, 2.05) is 6.92 Å². The summed E-state index contributed by atoms with van der Waals surface area (Å²) in [6.45, 7) is 8.97. The Morgan fingerprint density at radius 3 is 2.39 bits per heavy atom. The average molecular weight is 403 g/mol. The van der Waals surface area contributed by atoms with E-state index in [1.165, 1.54) is 0 Å². The summed E-state index contributed by atoms with van der Waals surface area (Å²) in [6, 6.07) is 6.81.